The first kappa shape index (κ1) is 14.2. The molecule has 106 valence electrons. The van der Waals surface area contributed by atoms with Gasteiger partial charge in [-0.15, -0.1) is 0 Å². The summed E-state index contributed by atoms with van der Waals surface area (Å²) in [5.74, 6) is -0.115. The summed E-state index contributed by atoms with van der Waals surface area (Å²) in [5, 5.41) is 13.5. The van der Waals surface area contributed by atoms with Gasteiger partial charge in [-0.2, -0.15) is 0 Å². The quantitative estimate of drug-likeness (QED) is 0.497. The van der Waals surface area contributed by atoms with E-state index in [9.17, 15) is 19.7 Å². The van der Waals surface area contributed by atoms with E-state index >= 15 is 0 Å². The molecule has 0 radical (unpaired) electrons. The van der Waals surface area contributed by atoms with Crippen molar-refractivity contribution in [3.63, 3.8) is 0 Å². The van der Waals surface area contributed by atoms with Crippen LogP contribution in [0.4, 0.5) is 11.5 Å². The van der Waals surface area contributed by atoms with Crippen molar-refractivity contribution >= 4 is 34.9 Å². The Morgan fingerprint density at radius 1 is 1.40 bits per heavy atom. The lowest BCUT2D eigenvalue weighted by Gasteiger charge is -2.14. The Hall–Kier alpha value is -2.22. The van der Waals surface area contributed by atoms with Crippen molar-refractivity contribution in [3.05, 3.63) is 27.4 Å². The molecule has 2 rings (SSSR count). The van der Waals surface area contributed by atoms with Crippen molar-refractivity contribution in [2.75, 3.05) is 18.4 Å². The first-order valence-electron chi connectivity index (χ1n) is 5.86. The molecule has 1 aromatic heterocycles. The zero-order chi connectivity index (χ0) is 14.7. The summed E-state index contributed by atoms with van der Waals surface area (Å²) in [6.07, 6.45) is 1.57. The summed E-state index contributed by atoms with van der Waals surface area (Å²) in [7, 11) is 0. The molecule has 0 bridgehead atoms. The van der Waals surface area contributed by atoms with Crippen LogP contribution in [0.2, 0.25) is 5.02 Å². The van der Waals surface area contributed by atoms with Gasteiger partial charge in [-0.3, -0.25) is 24.6 Å². The second-order valence-electron chi connectivity index (χ2n) is 4.15. The van der Waals surface area contributed by atoms with E-state index in [2.05, 4.69) is 10.3 Å². The largest absolute Gasteiger partial charge is 0.367 e. The lowest BCUT2D eigenvalue weighted by molar-refractivity contribution is -0.385. The van der Waals surface area contributed by atoms with Crippen LogP contribution < -0.4 is 5.32 Å². The predicted octanol–water partition coefficient (Wildman–Crippen LogP) is 1.20. The van der Waals surface area contributed by atoms with Crippen LogP contribution >= 0.6 is 11.6 Å². The van der Waals surface area contributed by atoms with Gasteiger partial charge in [-0.25, -0.2) is 4.98 Å². The minimum Gasteiger partial charge on any atom is -0.367 e. The van der Waals surface area contributed by atoms with Gasteiger partial charge in [0.25, 0.3) is 5.69 Å². The molecule has 1 N–H and O–H groups in total. The number of rotatable bonds is 5. The number of anilines is 1. The third-order valence-electron chi connectivity index (χ3n) is 2.82. The Labute approximate surface area is 118 Å². The third kappa shape index (κ3) is 3.02. The Balaban J connectivity index is 1.93. The summed E-state index contributed by atoms with van der Waals surface area (Å²) in [6.45, 7) is 0.495. The molecule has 1 aliphatic heterocycles. The number of pyridine rings is 1. The highest BCUT2D eigenvalue weighted by Gasteiger charge is 2.28. The fourth-order valence-corrected chi connectivity index (χ4v) is 2.04. The summed E-state index contributed by atoms with van der Waals surface area (Å²) in [6, 6.07) is 1.18. The number of nitrogens with one attached hydrogen (secondary N) is 1. The maximum Gasteiger partial charge on any atom is 0.289 e. The van der Waals surface area contributed by atoms with Gasteiger partial charge in [0, 0.05) is 32.0 Å². The number of carbonyl (C=O) groups excluding carboxylic acids is 2. The van der Waals surface area contributed by atoms with Crippen LogP contribution in [0.5, 0.6) is 0 Å². The second-order valence-corrected chi connectivity index (χ2v) is 4.55. The number of nitro groups is 1. The van der Waals surface area contributed by atoms with Crippen molar-refractivity contribution in [2.45, 2.75) is 12.8 Å². The number of halogens is 1. The maximum absolute atomic E-state index is 11.4. The van der Waals surface area contributed by atoms with Crippen molar-refractivity contribution in [2.24, 2.45) is 0 Å². The highest BCUT2D eigenvalue weighted by atomic mass is 35.5. The highest BCUT2D eigenvalue weighted by Crippen LogP contribution is 2.23. The number of likely N-dealkylation sites (tertiary alicyclic amines) is 1. The Bertz CT molecular complexity index is 562. The van der Waals surface area contributed by atoms with Crippen LogP contribution in [-0.2, 0) is 9.59 Å². The highest BCUT2D eigenvalue weighted by molar-refractivity contribution is 6.33. The number of nitrogens with zero attached hydrogens (tertiary/aromatic N) is 3. The molecule has 9 heteroatoms. The van der Waals surface area contributed by atoms with Crippen LogP contribution in [0.15, 0.2) is 12.3 Å². The first-order valence-corrected chi connectivity index (χ1v) is 6.24. The molecule has 1 aliphatic rings. The number of carbonyl (C=O) groups is 2. The minimum atomic E-state index is -0.593. The van der Waals surface area contributed by atoms with Gasteiger partial charge in [-0.05, 0) is 0 Å². The third-order valence-corrected chi connectivity index (χ3v) is 3.11. The van der Waals surface area contributed by atoms with E-state index < -0.39 is 4.92 Å². The number of imide groups is 1. The van der Waals surface area contributed by atoms with Crippen molar-refractivity contribution in [3.8, 4) is 0 Å². The smallest absolute Gasteiger partial charge is 0.289 e. The van der Waals surface area contributed by atoms with E-state index in [-0.39, 0.29) is 54.3 Å². The van der Waals surface area contributed by atoms with Gasteiger partial charge in [0.1, 0.15) is 12.0 Å². The fourth-order valence-electron chi connectivity index (χ4n) is 1.82. The summed E-state index contributed by atoms with van der Waals surface area (Å²) >= 11 is 5.85. The molecular formula is C11H11ClN4O4. The predicted molar refractivity (Wildman–Crippen MR) is 70.3 cm³/mol. The molecule has 2 heterocycles. The number of hydrogen-bond acceptors (Lipinski definition) is 6. The van der Waals surface area contributed by atoms with Crippen LogP contribution in [0.25, 0.3) is 0 Å². The number of hydrogen-bond donors (Lipinski definition) is 1. The van der Waals surface area contributed by atoms with Gasteiger partial charge in [-0.1, -0.05) is 11.6 Å². The Morgan fingerprint density at radius 3 is 2.60 bits per heavy atom. The Kier molecular flexibility index (Phi) is 4.14. The van der Waals surface area contributed by atoms with Gasteiger partial charge >= 0.3 is 0 Å². The summed E-state index contributed by atoms with van der Waals surface area (Å²) in [5.41, 5.74) is -0.203. The molecule has 0 spiro atoms. The van der Waals surface area contributed by atoms with Crippen LogP contribution in [0.1, 0.15) is 12.8 Å². The van der Waals surface area contributed by atoms with Crippen LogP contribution in [-0.4, -0.2) is 39.7 Å². The van der Waals surface area contributed by atoms with Crippen LogP contribution in [0, 0.1) is 10.1 Å². The number of amides is 2. The molecule has 0 saturated carbocycles. The fraction of sp³-hybridized carbons (Fsp3) is 0.364. The molecule has 0 atom stereocenters. The minimum absolute atomic E-state index is 0.110. The second kappa shape index (κ2) is 5.83. The van der Waals surface area contributed by atoms with Crippen molar-refractivity contribution < 1.29 is 14.5 Å². The molecule has 8 nitrogen and oxygen atoms in total. The lowest BCUT2D eigenvalue weighted by Crippen LogP contribution is -2.33. The summed E-state index contributed by atoms with van der Waals surface area (Å²) < 4.78 is 0. The van der Waals surface area contributed by atoms with E-state index in [1.165, 1.54) is 11.0 Å². The normalized spacial score (nSPS) is 14.8. The SMILES string of the molecule is O=C1CCC(=O)N1CCNc1ncc([N+](=O)[O-])cc1Cl. The van der Waals surface area contributed by atoms with E-state index in [1.807, 2.05) is 0 Å². The van der Waals surface area contributed by atoms with Gasteiger partial charge in [0.2, 0.25) is 11.8 Å². The number of aromatic nitrogens is 1. The molecule has 0 aromatic carbocycles. The average molecular weight is 299 g/mol. The zero-order valence-corrected chi connectivity index (χ0v) is 11.1. The molecule has 1 aromatic rings. The van der Waals surface area contributed by atoms with Crippen molar-refractivity contribution in [1.82, 2.24) is 9.88 Å². The van der Waals surface area contributed by atoms with E-state index in [0.29, 0.717) is 0 Å². The summed E-state index contributed by atoms with van der Waals surface area (Å²) in [4.78, 5) is 37.7. The van der Waals surface area contributed by atoms with Crippen molar-refractivity contribution in [1.29, 1.82) is 0 Å². The zero-order valence-electron chi connectivity index (χ0n) is 10.3. The van der Waals surface area contributed by atoms with Gasteiger partial charge in [0.15, 0.2) is 0 Å². The van der Waals surface area contributed by atoms with E-state index in [4.69, 9.17) is 11.6 Å². The average Bonchev–Trinajstić information content (AvgIpc) is 2.71. The molecular weight excluding hydrogens is 288 g/mol. The molecule has 0 aliphatic carbocycles. The van der Waals surface area contributed by atoms with Crippen LogP contribution in [0.3, 0.4) is 0 Å². The topological polar surface area (TPSA) is 105 Å². The van der Waals surface area contributed by atoms with Gasteiger partial charge in [0.05, 0.1) is 9.95 Å². The standard InChI is InChI=1S/C11H11ClN4O4/c12-8-5-7(16(19)20)6-14-11(8)13-3-4-15-9(17)1-2-10(15)18/h5-6H,1-4H2,(H,13,14). The molecule has 2 amide bonds. The lowest BCUT2D eigenvalue weighted by atomic mass is 10.4. The van der Waals surface area contributed by atoms with Gasteiger partial charge < -0.3 is 5.32 Å². The Morgan fingerprint density at radius 2 is 2.05 bits per heavy atom. The monoisotopic (exact) mass is 298 g/mol. The maximum atomic E-state index is 11.4. The van der Waals surface area contributed by atoms with E-state index in [0.717, 1.165) is 6.20 Å². The molecule has 0 unspecified atom stereocenters. The molecule has 20 heavy (non-hydrogen) atoms. The molecule has 1 fully saturated rings. The first-order chi connectivity index (χ1) is 9.49. The van der Waals surface area contributed by atoms with E-state index in [1.54, 1.807) is 0 Å². The molecule has 1 saturated heterocycles.